The fraction of sp³-hybridized carbons (Fsp3) is 0.429. The Morgan fingerprint density at radius 3 is 2.50 bits per heavy atom. The van der Waals surface area contributed by atoms with E-state index in [1.807, 2.05) is 13.8 Å². The molecule has 2 rings (SSSR count). The van der Waals surface area contributed by atoms with Crippen molar-refractivity contribution in [3.05, 3.63) is 47.3 Å². The van der Waals surface area contributed by atoms with Crippen molar-refractivity contribution in [2.75, 3.05) is 6.54 Å². The van der Waals surface area contributed by atoms with Crippen LogP contribution in [0.2, 0.25) is 0 Å². The summed E-state index contributed by atoms with van der Waals surface area (Å²) in [5, 5.41) is 11.1. The lowest BCUT2D eigenvalue weighted by Crippen LogP contribution is -2.25. The van der Waals surface area contributed by atoms with Gasteiger partial charge in [-0.2, -0.15) is 0 Å². The Labute approximate surface area is 116 Å². The number of hydrogen-bond acceptors (Lipinski definition) is 3. The van der Waals surface area contributed by atoms with Gasteiger partial charge in [0.2, 0.25) is 0 Å². The summed E-state index contributed by atoms with van der Waals surface area (Å²) in [5.41, 5.74) is 1.34. The Hall–Kier alpha value is -1.82. The van der Waals surface area contributed by atoms with Crippen LogP contribution in [-0.4, -0.2) is 21.5 Å². The number of aryl methyl sites for hydroxylation is 1. The number of nitrogens with one attached hydrogen (secondary N) is 1. The summed E-state index contributed by atoms with van der Waals surface area (Å²) in [6, 6.07) is 3.21. The first kappa shape index (κ1) is 14.6. The standard InChI is InChI=1S/C14H18F2N4/c1-3-5-20-13(9-18-19-20)14(17-4-2)10-6-11(15)8-12(16)7-10/h6-9,14,17H,3-5H2,1-2H3. The zero-order valence-corrected chi connectivity index (χ0v) is 11.6. The summed E-state index contributed by atoms with van der Waals surface area (Å²) in [6.45, 7) is 5.36. The summed E-state index contributed by atoms with van der Waals surface area (Å²) >= 11 is 0. The van der Waals surface area contributed by atoms with Crippen molar-refractivity contribution in [2.45, 2.75) is 32.9 Å². The van der Waals surface area contributed by atoms with Crippen LogP contribution in [0.1, 0.15) is 37.6 Å². The molecule has 0 bridgehead atoms. The Morgan fingerprint density at radius 1 is 1.20 bits per heavy atom. The average Bonchev–Trinajstić information content (AvgIpc) is 2.83. The third kappa shape index (κ3) is 3.19. The topological polar surface area (TPSA) is 42.7 Å². The van der Waals surface area contributed by atoms with Gasteiger partial charge in [0.15, 0.2) is 0 Å². The number of hydrogen-bond donors (Lipinski definition) is 1. The number of rotatable bonds is 6. The maximum atomic E-state index is 13.4. The molecule has 6 heteroatoms. The summed E-state index contributed by atoms with van der Waals surface area (Å²) in [7, 11) is 0. The highest BCUT2D eigenvalue weighted by Crippen LogP contribution is 2.23. The summed E-state index contributed by atoms with van der Waals surface area (Å²) in [4.78, 5) is 0. The molecule has 1 atom stereocenters. The van der Waals surface area contributed by atoms with Gasteiger partial charge in [-0.05, 0) is 30.7 Å². The molecular formula is C14H18F2N4. The summed E-state index contributed by atoms with van der Waals surface area (Å²) in [5.74, 6) is -1.17. The molecule has 0 radical (unpaired) electrons. The Balaban J connectivity index is 2.41. The predicted molar refractivity (Wildman–Crippen MR) is 72.2 cm³/mol. The lowest BCUT2D eigenvalue weighted by Gasteiger charge is -2.19. The van der Waals surface area contributed by atoms with E-state index >= 15 is 0 Å². The SMILES string of the molecule is CCCn1nncc1C(NCC)c1cc(F)cc(F)c1. The van der Waals surface area contributed by atoms with Crippen molar-refractivity contribution in [3.8, 4) is 0 Å². The van der Waals surface area contributed by atoms with E-state index < -0.39 is 11.6 Å². The van der Waals surface area contributed by atoms with Gasteiger partial charge in [0.05, 0.1) is 17.9 Å². The molecule has 0 aliphatic rings. The normalized spacial score (nSPS) is 12.6. The number of benzene rings is 1. The van der Waals surface area contributed by atoms with Crippen molar-refractivity contribution >= 4 is 0 Å². The van der Waals surface area contributed by atoms with Crippen LogP contribution in [0.5, 0.6) is 0 Å². The predicted octanol–water partition coefficient (Wildman–Crippen LogP) is 2.67. The molecule has 1 N–H and O–H groups in total. The van der Waals surface area contributed by atoms with Gasteiger partial charge in [-0.3, -0.25) is 0 Å². The first-order valence-electron chi connectivity index (χ1n) is 6.73. The molecule has 0 aliphatic heterocycles. The smallest absolute Gasteiger partial charge is 0.126 e. The van der Waals surface area contributed by atoms with E-state index in [4.69, 9.17) is 0 Å². The number of aromatic nitrogens is 3. The molecule has 1 heterocycles. The molecule has 1 aromatic carbocycles. The molecule has 4 nitrogen and oxygen atoms in total. The summed E-state index contributed by atoms with van der Waals surface area (Å²) in [6.07, 6.45) is 2.54. The Bertz CT molecular complexity index is 548. The van der Waals surface area contributed by atoms with Crippen LogP contribution in [-0.2, 0) is 6.54 Å². The highest BCUT2D eigenvalue weighted by atomic mass is 19.1. The molecule has 0 fully saturated rings. The second-order valence-corrected chi connectivity index (χ2v) is 4.58. The molecule has 0 saturated heterocycles. The largest absolute Gasteiger partial charge is 0.305 e. The Morgan fingerprint density at radius 2 is 1.90 bits per heavy atom. The van der Waals surface area contributed by atoms with E-state index in [-0.39, 0.29) is 6.04 Å². The lowest BCUT2D eigenvalue weighted by atomic mass is 10.0. The van der Waals surface area contributed by atoms with Gasteiger partial charge in [-0.15, -0.1) is 5.10 Å². The zero-order chi connectivity index (χ0) is 14.5. The number of nitrogens with zero attached hydrogens (tertiary/aromatic N) is 3. The molecular weight excluding hydrogens is 262 g/mol. The van der Waals surface area contributed by atoms with Gasteiger partial charge in [-0.25, -0.2) is 13.5 Å². The molecule has 108 valence electrons. The van der Waals surface area contributed by atoms with E-state index in [2.05, 4.69) is 15.6 Å². The van der Waals surface area contributed by atoms with Crippen LogP contribution >= 0.6 is 0 Å². The van der Waals surface area contributed by atoms with Crippen LogP contribution in [0, 0.1) is 11.6 Å². The van der Waals surface area contributed by atoms with E-state index in [9.17, 15) is 8.78 Å². The van der Waals surface area contributed by atoms with E-state index in [0.29, 0.717) is 12.1 Å². The average molecular weight is 280 g/mol. The van der Waals surface area contributed by atoms with Crippen LogP contribution < -0.4 is 5.32 Å². The first-order chi connectivity index (χ1) is 9.65. The maximum Gasteiger partial charge on any atom is 0.126 e. The molecule has 1 aromatic heterocycles. The van der Waals surface area contributed by atoms with Crippen LogP contribution in [0.15, 0.2) is 24.4 Å². The van der Waals surface area contributed by atoms with Gasteiger partial charge < -0.3 is 5.32 Å². The van der Waals surface area contributed by atoms with E-state index in [1.54, 1.807) is 10.9 Å². The fourth-order valence-corrected chi connectivity index (χ4v) is 2.21. The molecule has 20 heavy (non-hydrogen) atoms. The van der Waals surface area contributed by atoms with Crippen molar-refractivity contribution in [3.63, 3.8) is 0 Å². The monoisotopic (exact) mass is 280 g/mol. The zero-order valence-electron chi connectivity index (χ0n) is 11.6. The van der Waals surface area contributed by atoms with Crippen molar-refractivity contribution in [1.82, 2.24) is 20.3 Å². The lowest BCUT2D eigenvalue weighted by molar-refractivity contribution is 0.506. The van der Waals surface area contributed by atoms with Gasteiger partial charge >= 0.3 is 0 Å². The highest BCUT2D eigenvalue weighted by Gasteiger charge is 2.19. The van der Waals surface area contributed by atoms with Crippen molar-refractivity contribution in [1.29, 1.82) is 0 Å². The van der Waals surface area contributed by atoms with Crippen LogP contribution in [0.3, 0.4) is 0 Å². The summed E-state index contributed by atoms with van der Waals surface area (Å²) < 4.78 is 28.6. The molecule has 0 aliphatic carbocycles. The second-order valence-electron chi connectivity index (χ2n) is 4.58. The van der Waals surface area contributed by atoms with Crippen molar-refractivity contribution in [2.24, 2.45) is 0 Å². The third-order valence-corrected chi connectivity index (χ3v) is 3.01. The van der Waals surface area contributed by atoms with E-state index in [1.165, 1.54) is 12.1 Å². The minimum Gasteiger partial charge on any atom is -0.305 e. The third-order valence-electron chi connectivity index (χ3n) is 3.01. The van der Waals surface area contributed by atoms with Crippen LogP contribution in [0.25, 0.3) is 0 Å². The maximum absolute atomic E-state index is 13.4. The Kier molecular flexibility index (Phi) is 4.79. The van der Waals surface area contributed by atoms with Gasteiger partial charge in [-0.1, -0.05) is 19.1 Å². The van der Waals surface area contributed by atoms with Gasteiger partial charge in [0.25, 0.3) is 0 Å². The second kappa shape index (κ2) is 6.56. The molecule has 0 spiro atoms. The highest BCUT2D eigenvalue weighted by molar-refractivity contribution is 5.28. The van der Waals surface area contributed by atoms with Gasteiger partial charge in [0, 0.05) is 12.6 Å². The number of halogens is 2. The quantitative estimate of drug-likeness (QED) is 0.884. The minimum absolute atomic E-state index is 0.327. The first-order valence-corrected chi connectivity index (χ1v) is 6.73. The molecule has 0 saturated carbocycles. The molecule has 2 aromatic rings. The minimum atomic E-state index is -0.586. The molecule has 1 unspecified atom stereocenters. The fourth-order valence-electron chi connectivity index (χ4n) is 2.21. The molecule has 0 amide bonds. The van der Waals surface area contributed by atoms with Crippen molar-refractivity contribution < 1.29 is 8.78 Å². The van der Waals surface area contributed by atoms with Crippen LogP contribution in [0.4, 0.5) is 8.78 Å². The van der Waals surface area contributed by atoms with E-state index in [0.717, 1.165) is 24.7 Å². The van der Waals surface area contributed by atoms with Gasteiger partial charge in [0.1, 0.15) is 11.6 Å².